The Kier molecular flexibility index (Phi) is 4.17. The van der Waals surface area contributed by atoms with Gasteiger partial charge in [0.2, 0.25) is 5.91 Å². The first-order valence-electron chi connectivity index (χ1n) is 4.51. The van der Waals surface area contributed by atoms with Crippen LogP contribution in [0.4, 0.5) is 0 Å². The van der Waals surface area contributed by atoms with E-state index in [4.69, 9.17) is 5.73 Å². The molecular formula is C10H13N3OS. The number of carbonyl (C=O) groups is 1. The second-order valence-corrected chi connectivity index (χ2v) is 3.77. The smallest absolute Gasteiger partial charge is 0.229 e. The molecule has 1 heterocycles. The number of carbonyl (C=O) groups excluding carboxylic acids is 1. The first-order valence-corrected chi connectivity index (χ1v) is 4.91. The van der Waals surface area contributed by atoms with E-state index in [9.17, 15) is 4.79 Å². The fourth-order valence-corrected chi connectivity index (χ4v) is 1.26. The molecule has 1 aromatic rings. The zero-order chi connectivity index (χ0) is 11.3. The van der Waals surface area contributed by atoms with Gasteiger partial charge in [0.25, 0.3) is 0 Å². The first kappa shape index (κ1) is 11.6. The zero-order valence-electron chi connectivity index (χ0n) is 8.51. The van der Waals surface area contributed by atoms with E-state index in [0.717, 1.165) is 5.56 Å². The van der Waals surface area contributed by atoms with Crippen molar-refractivity contribution >= 4 is 23.1 Å². The van der Waals surface area contributed by atoms with Crippen molar-refractivity contribution in [2.45, 2.75) is 13.0 Å². The summed E-state index contributed by atoms with van der Waals surface area (Å²) in [6, 6.07) is 3.73. The molecule has 0 atom stereocenters. The second kappa shape index (κ2) is 5.41. The van der Waals surface area contributed by atoms with Gasteiger partial charge in [0.1, 0.15) is 0 Å². The molecule has 0 aliphatic carbocycles. The lowest BCUT2D eigenvalue weighted by molar-refractivity contribution is -0.129. The van der Waals surface area contributed by atoms with Gasteiger partial charge in [-0.2, -0.15) is 0 Å². The molecule has 0 spiro atoms. The van der Waals surface area contributed by atoms with Crippen LogP contribution in [0, 0.1) is 0 Å². The third kappa shape index (κ3) is 4.03. The predicted molar refractivity (Wildman–Crippen MR) is 62.1 cm³/mol. The Morgan fingerprint density at radius 2 is 2.13 bits per heavy atom. The van der Waals surface area contributed by atoms with Crippen molar-refractivity contribution in [3.63, 3.8) is 0 Å². The van der Waals surface area contributed by atoms with Gasteiger partial charge in [-0.1, -0.05) is 12.2 Å². The van der Waals surface area contributed by atoms with Crippen molar-refractivity contribution in [1.29, 1.82) is 0 Å². The summed E-state index contributed by atoms with van der Waals surface area (Å²) in [5.74, 6) is -0.0701. The number of aromatic nitrogens is 1. The molecule has 1 amide bonds. The Balaban J connectivity index is 2.52. The van der Waals surface area contributed by atoms with Crippen LogP contribution < -0.4 is 5.73 Å². The fraction of sp³-hybridized carbons (Fsp3) is 0.300. The van der Waals surface area contributed by atoms with Crippen LogP contribution in [0.15, 0.2) is 24.5 Å². The number of nitrogens with two attached hydrogens (primary N) is 1. The maximum absolute atomic E-state index is 11.5. The highest BCUT2D eigenvalue weighted by Gasteiger charge is 2.09. The van der Waals surface area contributed by atoms with Gasteiger partial charge in [-0.15, -0.1) is 0 Å². The van der Waals surface area contributed by atoms with Crippen LogP contribution in [0.1, 0.15) is 12.0 Å². The lowest BCUT2D eigenvalue weighted by Crippen LogP contribution is -2.29. The SMILES string of the molecule is CN(Cc1ccncc1)C(=O)CC(N)=S. The van der Waals surface area contributed by atoms with E-state index in [2.05, 4.69) is 17.2 Å². The molecule has 0 aliphatic heterocycles. The first-order chi connectivity index (χ1) is 7.09. The zero-order valence-corrected chi connectivity index (χ0v) is 9.33. The summed E-state index contributed by atoms with van der Waals surface area (Å²) in [4.78, 5) is 17.2. The molecule has 0 radical (unpaired) electrons. The van der Waals surface area contributed by atoms with Crippen LogP contribution in [0.5, 0.6) is 0 Å². The van der Waals surface area contributed by atoms with E-state index in [0.29, 0.717) is 6.54 Å². The highest BCUT2D eigenvalue weighted by Crippen LogP contribution is 2.02. The van der Waals surface area contributed by atoms with Crippen LogP contribution in [-0.2, 0) is 11.3 Å². The molecule has 80 valence electrons. The Morgan fingerprint density at radius 3 is 2.67 bits per heavy atom. The molecule has 4 nitrogen and oxygen atoms in total. The minimum absolute atomic E-state index is 0.0701. The summed E-state index contributed by atoms with van der Waals surface area (Å²) >= 11 is 4.68. The third-order valence-corrected chi connectivity index (χ3v) is 2.06. The Hall–Kier alpha value is -1.49. The lowest BCUT2D eigenvalue weighted by Gasteiger charge is -2.16. The van der Waals surface area contributed by atoms with E-state index in [1.54, 1.807) is 24.3 Å². The summed E-state index contributed by atoms with van der Waals surface area (Å²) in [6.45, 7) is 0.546. The second-order valence-electron chi connectivity index (χ2n) is 3.25. The summed E-state index contributed by atoms with van der Waals surface area (Å²) < 4.78 is 0. The van der Waals surface area contributed by atoms with Gasteiger partial charge in [-0.05, 0) is 17.7 Å². The number of thiocarbonyl (C=S) groups is 1. The highest BCUT2D eigenvalue weighted by molar-refractivity contribution is 7.80. The molecule has 0 aromatic carbocycles. The number of amides is 1. The van der Waals surface area contributed by atoms with Crippen molar-refractivity contribution < 1.29 is 4.79 Å². The largest absolute Gasteiger partial charge is 0.393 e. The summed E-state index contributed by atoms with van der Waals surface area (Å²) in [6.07, 6.45) is 3.51. The van der Waals surface area contributed by atoms with Crippen molar-refractivity contribution in [2.75, 3.05) is 7.05 Å². The van der Waals surface area contributed by atoms with Crippen LogP contribution >= 0.6 is 12.2 Å². The third-order valence-electron chi connectivity index (χ3n) is 1.92. The monoisotopic (exact) mass is 223 g/mol. The van der Waals surface area contributed by atoms with Crippen molar-refractivity contribution in [2.24, 2.45) is 5.73 Å². The van der Waals surface area contributed by atoms with E-state index in [1.165, 1.54) is 0 Å². The van der Waals surface area contributed by atoms with E-state index in [-0.39, 0.29) is 17.3 Å². The molecule has 0 saturated heterocycles. The molecule has 0 saturated carbocycles. The van der Waals surface area contributed by atoms with E-state index < -0.39 is 0 Å². The Labute approximate surface area is 94.1 Å². The number of nitrogens with zero attached hydrogens (tertiary/aromatic N) is 2. The molecule has 0 fully saturated rings. The molecule has 2 N–H and O–H groups in total. The molecule has 5 heteroatoms. The number of hydrogen-bond acceptors (Lipinski definition) is 3. The van der Waals surface area contributed by atoms with Gasteiger partial charge in [0.15, 0.2) is 0 Å². The minimum atomic E-state index is -0.0701. The molecule has 1 aromatic heterocycles. The molecule has 1 rings (SSSR count). The van der Waals surface area contributed by atoms with Crippen LogP contribution in [0.2, 0.25) is 0 Å². The van der Waals surface area contributed by atoms with Gasteiger partial charge in [-0.3, -0.25) is 9.78 Å². The van der Waals surface area contributed by atoms with Crippen LogP contribution in [-0.4, -0.2) is 27.8 Å². The quantitative estimate of drug-likeness (QED) is 0.764. The lowest BCUT2D eigenvalue weighted by atomic mass is 10.2. The predicted octanol–water partition coefficient (Wildman–Crippen LogP) is 0.716. The van der Waals surface area contributed by atoms with E-state index in [1.807, 2.05) is 12.1 Å². The molecule has 0 bridgehead atoms. The number of rotatable bonds is 4. The minimum Gasteiger partial charge on any atom is -0.393 e. The fourth-order valence-electron chi connectivity index (χ4n) is 1.13. The normalized spacial score (nSPS) is 9.67. The van der Waals surface area contributed by atoms with Gasteiger partial charge < -0.3 is 10.6 Å². The molecule has 0 unspecified atom stereocenters. The molecular weight excluding hydrogens is 210 g/mol. The standard InChI is InChI=1S/C10H13N3OS/c1-13(10(14)6-9(11)15)7-8-2-4-12-5-3-8/h2-5H,6-7H2,1H3,(H2,11,15). The van der Waals surface area contributed by atoms with Crippen molar-refractivity contribution in [1.82, 2.24) is 9.88 Å². The number of hydrogen-bond donors (Lipinski definition) is 1. The molecule has 0 aliphatic rings. The van der Waals surface area contributed by atoms with E-state index >= 15 is 0 Å². The van der Waals surface area contributed by atoms with Gasteiger partial charge in [0.05, 0.1) is 11.4 Å². The van der Waals surface area contributed by atoms with Gasteiger partial charge >= 0.3 is 0 Å². The van der Waals surface area contributed by atoms with Crippen molar-refractivity contribution in [3.05, 3.63) is 30.1 Å². The van der Waals surface area contributed by atoms with Crippen molar-refractivity contribution in [3.8, 4) is 0 Å². The molecule has 15 heavy (non-hydrogen) atoms. The summed E-state index contributed by atoms with van der Waals surface area (Å²) in [5, 5.41) is 0. The average molecular weight is 223 g/mol. The average Bonchev–Trinajstić information content (AvgIpc) is 2.18. The maximum Gasteiger partial charge on any atom is 0.229 e. The summed E-state index contributed by atoms with van der Waals surface area (Å²) in [7, 11) is 1.72. The topological polar surface area (TPSA) is 59.2 Å². The number of pyridine rings is 1. The van der Waals surface area contributed by atoms with Crippen LogP contribution in [0.3, 0.4) is 0 Å². The summed E-state index contributed by atoms with van der Waals surface area (Å²) in [5.41, 5.74) is 6.33. The van der Waals surface area contributed by atoms with Gasteiger partial charge in [0, 0.05) is 26.0 Å². The maximum atomic E-state index is 11.5. The Morgan fingerprint density at radius 1 is 1.53 bits per heavy atom. The van der Waals surface area contributed by atoms with Crippen LogP contribution in [0.25, 0.3) is 0 Å². The highest BCUT2D eigenvalue weighted by atomic mass is 32.1. The Bertz CT molecular complexity index is 353. The van der Waals surface area contributed by atoms with Gasteiger partial charge in [-0.25, -0.2) is 0 Å².